The van der Waals surface area contributed by atoms with Crippen LogP contribution >= 0.6 is 0 Å². The summed E-state index contributed by atoms with van der Waals surface area (Å²) in [6.45, 7) is 12.8. The van der Waals surface area contributed by atoms with Crippen LogP contribution in [-0.2, 0) is 0 Å². The second-order valence-corrected chi connectivity index (χ2v) is 15.2. The van der Waals surface area contributed by atoms with Gasteiger partial charge in [0.15, 0.2) is 0 Å². The van der Waals surface area contributed by atoms with Crippen molar-refractivity contribution in [3.8, 4) is 0 Å². The maximum absolute atomic E-state index is 11.6. The van der Waals surface area contributed by atoms with Crippen molar-refractivity contribution in [2.24, 2.45) is 0 Å². The van der Waals surface area contributed by atoms with Crippen LogP contribution in [0.25, 0.3) is 0 Å². The van der Waals surface area contributed by atoms with Gasteiger partial charge in [-0.15, -0.1) is 0 Å². The normalized spacial score (nSPS) is 13.1. The van der Waals surface area contributed by atoms with E-state index < -0.39 is 16.5 Å². The van der Waals surface area contributed by atoms with Gasteiger partial charge in [0.1, 0.15) is 0 Å². The molecule has 0 unspecified atom stereocenters. The summed E-state index contributed by atoms with van der Waals surface area (Å²) in [5, 5.41) is 11.6. The van der Waals surface area contributed by atoms with Crippen molar-refractivity contribution in [2.45, 2.75) is 39.3 Å². The van der Waals surface area contributed by atoms with E-state index in [0.29, 0.717) is 4.39 Å². The van der Waals surface area contributed by atoms with Gasteiger partial charge in [-0.1, -0.05) is 0 Å². The molecule has 0 spiro atoms. The summed E-state index contributed by atoms with van der Waals surface area (Å²) in [6.07, 6.45) is 0. The van der Waals surface area contributed by atoms with Crippen molar-refractivity contribution in [1.82, 2.24) is 0 Å². The summed E-state index contributed by atoms with van der Waals surface area (Å²) >= 11 is 0. The average Bonchev–Trinajstić information content (AvgIpc) is 1.59. The van der Waals surface area contributed by atoms with Gasteiger partial charge in [0.2, 0.25) is 0 Å². The second kappa shape index (κ2) is 4.26. The molecule has 0 aromatic carbocycles. The molecule has 0 radical (unpaired) electrons. The zero-order chi connectivity index (χ0) is 8.58. The monoisotopic (exact) mass is 185 g/mol. The minimum atomic E-state index is -1.47. The van der Waals surface area contributed by atoms with Gasteiger partial charge in [-0.25, -0.2) is 0 Å². The number of quaternary nitrogens is 1. The van der Waals surface area contributed by atoms with Crippen molar-refractivity contribution in [1.29, 1.82) is 0 Å². The number of nitrogens with one attached hydrogen (secondary N) is 1. The Bertz CT molecular complexity index is 105. The summed E-state index contributed by atoms with van der Waals surface area (Å²) in [5.41, 5.74) is 0. The third-order valence-electron chi connectivity index (χ3n) is 1.36. The van der Waals surface area contributed by atoms with E-state index in [1.165, 1.54) is 0 Å². The predicted molar refractivity (Wildman–Crippen MR) is 58.2 cm³/mol. The topological polar surface area (TPSA) is 27.5 Å². The fourth-order valence-corrected chi connectivity index (χ4v) is 10.1. The fourth-order valence-electron chi connectivity index (χ4n) is 1.12. The standard InChI is InChI=1S/C6H19NOSi2.Li.H/c1-9(2,3)7(8)10(4,5)6;;/h7H,1-6H3;;. The summed E-state index contributed by atoms with van der Waals surface area (Å²) in [4.78, 5) is 0. The molecule has 0 fully saturated rings. The van der Waals surface area contributed by atoms with Crippen LogP contribution in [0.5, 0.6) is 0 Å². The van der Waals surface area contributed by atoms with Gasteiger partial charge in [-0.2, -0.15) is 0 Å². The maximum atomic E-state index is 11.6. The Hall–Kier alpha value is 0.951. The fraction of sp³-hybridized carbons (Fsp3) is 1.00. The van der Waals surface area contributed by atoms with Gasteiger partial charge in [-0.3, -0.25) is 0 Å². The molecule has 11 heavy (non-hydrogen) atoms. The summed E-state index contributed by atoms with van der Waals surface area (Å²) in [5.74, 6) is 0. The molecule has 0 aliphatic carbocycles. The first kappa shape index (κ1) is 14.5. The Labute approximate surface area is 84.3 Å². The molecule has 64 valence electrons. The first-order valence-corrected chi connectivity index (χ1v) is 10.7. The Kier molecular flexibility index (Phi) is 5.61. The average molecular weight is 185 g/mol. The van der Waals surface area contributed by atoms with Crippen LogP contribution in [0.4, 0.5) is 0 Å². The van der Waals surface area contributed by atoms with Crippen LogP contribution in [0.1, 0.15) is 0 Å². The first-order valence-electron chi connectivity index (χ1n) is 3.70. The van der Waals surface area contributed by atoms with Gasteiger partial charge in [0.25, 0.3) is 16.5 Å². The van der Waals surface area contributed by atoms with E-state index >= 15 is 0 Å². The molecule has 0 aromatic rings. The molecule has 1 N–H and O–H groups in total. The van der Waals surface area contributed by atoms with Crippen LogP contribution in [0.3, 0.4) is 0 Å². The molecule has 5 heteroatoms. The zero-order valence-electron chi connectivity index (χ0n) is 7.91. The number of hydrogen-bond donors (Lipinski definition) is 1. The van der Waals surface area contributed by atoms with Gasteiger partial charge in [0, 0.05) is 0 Å². The van der Waals surface area contributed by atoms with Crippen LogP contribution in [0, 0.1) is 5.21 Å². The van der Waals surface area contributed by atoms with E-state index in [2.05, 4.69) is 39.3 Å². The molecule has 0 aliphatic rings. The van der Waals surface area contributed by atoms with E-state index in [1.54, 1.807) is 0 Å². The van der Waals surface area contributed by atoms with Gasteiger partial charge >= 0.3 is 18.9 Å². The van der Waals surface area contributed by atoms with Crippen molar-refractivity contribution in [2.75, 3.05) is 0 Å². The van der Waals surface area contributed by atoms with E-state index in [9.17, 15) is 5.21 Å². The Balaban J connectivity index is 0. The first-order chi connectivity index (χ1) is 4.15. The third-order valence-corrected chi connectivity index (χ3v) is 8.59. The molecule has 0 aliphatic heterocycles. The van der Waals surface area contributed by atoms with Crippen molar-refractivity contribution in [3.05, 3.63) is 5.21 Å². The summed E-state index contributed by atoms with van der Waals surface area (Å²) in [7, 11) is -2.95. The van der Waals surface area contributed by atoms with E-state index in [4.69, 9.17) is 0 Å². The van der Waals surface area contributed by atoms with Crippen LogP contribution in [0.15, 0.2) is 0 Å². The van der Waals surface area contributed by atoms with Gasteiger partial charge < -0.3 is 9.60 Å². The molecule has 0 aromatic heterocycles. The molecule has 0 atom stereocenters. The Morgan fingerprint density at radius 3 is 1.00 bits per heavy atom. The van der Waals surface area contributed by atoms with E-state index in [1.807, 2.05) is 0 Å². The second-order valence-electron chi connectivity index (χ2n) is 4.83. The zero-order valence-corrected chi connectivity index (χ0v) is 9.91. The molecular formula is C6H20LiNOSi2. The van der Waals surface area contributed by atoms with Crippen molar-refractivity contribution in [3.63, 3.8) is 0 Å². The molecule has 0 amide bonds. The van der Waals surface area contributed by atoms with E-state index in [-0.39, 0.29) is 18.9 Å². The van der Waals surface area contributed by atoms with Crippen molar-refractivity contribution >= 4 is 35.3 Å². The quantitative estimate of drug-likeness (QED) is 0.489. The van der Waals surface area contributed by atoms with Gasteiger partial charge in [0.05, 0.1) is 0 Å². The molecule has 0 bridgehead atoms. The van der Waals surface area contributed by atoms with Crippen LogP contribution < -0.4 is 4.39 Å². The van der Waals surface area contributed by atoms with Gasteiger partial charge in [-0.05, 0) is 39.3 Å². The minimum absolute atomic E-state index is 0. The molecule has 0 heterocycles. The predicted octanol–water partition coefficient (Wildman–Crippen LogP) is 0.390. The van der Waals surface area contributed by atoms with Crippen LogP contribution in [0.2, 0.25) is 39.3 Å². The Morgan fingerprint density at radius 2 is 1.00 bits per heavy atom. The molecule has 0 rings (SSSR count). The summed E-state index contributed by atoms with van der Waals surface area (Å²) < 4.78 is 0.597. The number of hydrogen-bond acceptors (Lipinski definition) is 1. The number of rotatable bonds is 2. The van der Waals surface area contributed by atoms with Crippen molar-refractivity contribution < 1.29 is 4.39 Å². The Morgan fingerprint density at radius 1 is 0.818 bits per heavy atom. The molecule has 0 saturated carbocycles. The van der Waals surface area contributed by atoms with Crippen LogP contribution in [-0.4, -0.2) is 35.3 Å². The third kappa shape index (κ3) is 5.23. The molecule has 0 saturated heterocycles. The van der Waals surface area contributed by atoms with E-state index in [0.717, 1.165) is 0 Å². The molecule has 2 nitrogen and oxygen atoms in total. The summed E-state index contributed by atoms with van der Waals surface area (Å²) in [6, 6.07) is 0. The molecular weight excluding hydrogens is 165 g/mol. The SMILES string of the molecule is C[Si](C)(C)[NH+]([O-])[Si](C)(C)C.[LiH].